The molecule has 1 aliphatic rings. The van der Waals surface area contributed by atoms with Crippen LogP contribution in [0.25, 0.3) is 0 Å². The summed E-state index contributed by atoms with van der Waals surface area (Å²) in [5.41, 5.74) is 2.75. The topological polar surface area (TPSA) is 63.7 Å². The summed E-state index contributed by atoms with van der Waals surface area (Å²) in [5.74, 6) is 1.08. The van der Waals surface area contributed by atoms with Crippen molar-refractivity contribution in [2.45, 2.75) is 6.17 Å². The van der Waals surface area contributed by atoms with E-state index in [1.807, 2.05) is 30.3 Å². The van der Waals surface area contributed by atoms with Crippen LogP contribution in [0, 0.1) is 0 Å². The third-order valence-corrected chi connectivity index (χ3v) is 4.53. The number of amides is 1. The SMILES string of the molecule is COc1ccc(OC)c(N2C(=O)c3cccnc3[C@@H]2Nc2ccccc2)c1. The molecule has 1 aliphatic heterocycles. The summed E-state index contributed by atoms with van der Waals surface area (Å²) in [6.07, 6.45) is 1.23. The van der Waals surface area contributed by atoms with Crippen molar-refractivity contribution in [2.24, 2.45) is 0 Å². The van der Waals surface area contributed by atoms with E-state index in [1.165, 1.54) is 0 Å². The number of anilines is 2. The van der Waals surface area contributed by atoms with Gasteiger partial charge in [-0.1, -0.05) is 18.2 Å². The summed E-state index contributed by atoms with van der Waals surface area (Å²) in [6.45, 7) is 0. The molecule has 0 saturated heterocycles. The van der Waals surface area contributed by atoms with Crippen LogP contribution in [0.15, 0.2) is 66.9 Å². The van der Waals surface area contributed by atoms with Crippen LogP contribution >= 0.6 is 0 Å². The summed E-state index contributed by atoms with van der Waals surface area (Å²) in [4.78, 5) is 19.3. The van der Waals surface area contributed by atoms with E-state index in [1.54, 1.807) is 55.6 Å². The maximum atomic E-state index is 13.2. The van der Waals surface area contributed by atoms with Gasteiger partial charge < -0.3 is 14.8 Å². The number of carbonyl (C=O) groups excluding carboxylic acids is 1. The lowest BCUT2D eigenvalue weighted by atomic mass is 10.2. The van der Waals surface area contributed by atoms with Gasteiger partial charge in [0.1, 0.15) is 11.5 Å². The Morgan fingerprint density at radius 3 is 2.56 bits per heavy atom. The minimum absolute atomic E-state index is 0.141. The molecule has 3 aromatic rings. The number of hydrogen-bond donors (Lipinski definition) is 1. The van der Waals surface area contributed by atoms with Gasteiger partial charge in [0, 0.05) is 18.0 Å². The number of nitrogens with zero attached hydrogens (tertiary/aromatic N) is 2. The van der Waals surface area contributed by atoms with Crippen LogP contribution in [0.3, 0.4) is 0 Å². The van der Waals surface area contributed by atoms with Gasteiger partial charge in [0.15, 0.2) is 6.17 Å². The molecule has 0 aliphatic carbocycles. The summed E-state index contributed by atoms with van der Waals surface area (Å²) < 4.78 is 10.9. The number of hydrogen-bond acceptors (Lipinski definition) is 5. The summed E-state index contributed by atoms with van der Waals surface area (Å²) in [6, 6.07) is 18.7. The molecular weight excluding hydrogens is 342 g/mol. The number of fused-ring (bicyclic) bond motifs is 1. The van der Waals surface area contributed by atoms with Gasteiger partial charge in [0.2, 0.25) is 0 Å². The van der Waals surface area contributed by atoms with E-state index in [-0.39, 0.29) is 5.91 Å². The number of rotatable bonds is 5. The number of pyridine rings is 1. The number of benzene rings is 2. The van der Waals surface area contributed by atoms with Crippen molar-refractivity contribution in [3.8, 4) is 11.5 Å². The zero-order valence-corrected chi connectivity index (χ0v) is 15.0. The van der Waals surface area contributed by atoms with Gasteiger partial charge in [-0.25, -0.2) is 0 Å². The van der Waals surface area contributed by atoms with Crippen LogP contribution in [0.1, 0.15) is 22.2 Å². The molecule has 1 amide bonds. The standard InChI is InChI=1S/C21H19N3O3/c1-26-15-10-11-18(27-2)17(13-15)24-20(23-14-7-4-3-5-8-14)19-16(21(24)25)9-6-12-22-19/h3-13,20,23H,1-2H3/t20-/m1/s1. The molecule has 0 fully saturated rings. The molecule has 4 rings (SSSR count). The third-order valence-electron chi connectivity index (χ3n) is 4.53. The quantitative estimate of drug-likeness (QED) is 0.747. The van der Waals surface area contributed by atoms with Crippen molar-refractivity contribution in [2.75, 3.05) is 24.4 Å². The molecule has 136 valence electrons. The summed E-state index contributed by atoms with van der Waals surface area (Å²) >= 11 is 0. The number of ether oxygens (including phenoxy) is 2. The number of methoxy groups -OCH3 is 2. The Hall–Kier alpha value is -3.54. The number of carbonyl (C=O) groups is 1. The highest BCUT2D eigenvalue weighted by molar-refractivity contribution is 6.11. The van der Waals surface area contributed by atoms with E-state index in [2.05, 4.69) is 10.3 Å². The molecule has 1 aromatic heterocycles. The van der Waals surface area contributed by atoms with E-state index < -0.39 is 6.17 Å². The van der Waals surface area contributed by atoms with Crippen LogP contribution in [0.4, 0.5) is 11.4 Å². The molecule has 6 nitrogen and oxygen atoms in total. The smallest absolute Gasteiger partial charge is 0.262 e. The molecule has 0 unspecified atom stereocenters. The summed E-state index contributed by atoms with van der Waals surface area (Å²) in [7, 11) is 3.17. The minimum Gasteiger partial charge on any atom is -0.497 e. The number of para-hydroxylation sites is 1. The summed E-state index contributed by atoms with van der Waals surface area (Å²) in [5, 5.41) is 3.41. The highest BCUT2D eigenvalue weighted by Gasteiger charge is 2.40. The average Bonchev–Trinajstić information content (AvgIpc) is 3.00. The Bertz CT molecular complexity index is 975. The Morgan fingerprint density at radius 1 is 1.00 bits per heavy atom. The Labute approximate surface area is 157 Å². The predicted octanol–water partition coefficient (Wildman–Crippen LogP) is 3.87. The fourth-order valence-corrected chi connectivity index (χ4v) is 3.24. The molecule has 0 bridgehead atoms. The molecule has 0 spiro atoms. The first kappa shape index (κ1) is 16.9. The lowest BCUT2D eigenvalue weighted by Crippen LogP contribution is -2.32. The first-order valence-electron chi connectivity index (χ1n) is 8.55. The Kier molecular flexibility index (Phi) is 4.38. The number of nitrogens with one attached hydrogen (secondary N) is 1. The highest BCUT2D eigenvalue weighted by atomic mass is 16.5. The first-order chi connectivity index (χ1) is 13.2. The van der Waals surface area contributed by atoms with Crippen molar-refractivity contribution >= 4 is 17.3 Å². The predicted molar refractivity (Wildman–Crippen MR) is 103 cm³/mol. The van der Waals surface area contributed by atoms with E-state index in [9.17, 15) is 4.79 Å². The molecule has 2 heterocycles. The third kappa shape index (κ3) is 2.95. The van der Waals surface area contributed by atoms with Crippen LogP contribution in [-0.4, -0.2) is 25.1 Å². The molecule has 1 N–H and O–H groups in total. The Balaban J connectivity index is 1.84. The second-order valence-corrected chi connectivity index (χ2v) is 6.06. The van der Waals surface area contributed by atoms with Crippen molar-refractivity contribution in [1.82, 2.24) is 4.98 Å². The monoisotopic (exact) mass is 361 g/mol. The largest absolute Gasteiger partial charge is 0.497 e. The van der Waals surface area contributed by atoms with E-state index >= 15 is 0 Å². The van der Waals surface area contributed by atoms with E-state index in [0.717, 1.165) is 5.69 Å². The van der Waals surface area contributed by atoms with Crippen LogP contribution in [0.2, 0.25) is 0 Å². The van der Waals surface area contributed by atoms with Gasteiger partial charge in [0.05, 0.1) is 31.2 Å². The van der Waals surface area contributed by atoms with Gasteiger partial charge in [0.25, 0.3) is 5.91 Å². The van der Waals surface area contributed by atoms with E-state index in [4.69, 9.17) is 9.47 Å². The van der Waals surface area contributed by atoms with Gasteiger partial charge in [-0.05, 0) is 36.4 Å². The minimum atomic E-state index is -0.461. The zero-order valence-electron chi connectivity index (χ0n) is 15.0. The maximum Gasteiger partial charge on any atom is 0.262 e. The van der Waals surface area contributed by atoms with Gasteiger partial charge >= 0.3 is 0 Å². The fraction of sp³-hybridized carbons (Fsp3) is 0.143. The molecule has 1 atom stereocenters. The molecule has 27 heavy (non-hydrogen) atoms. The van der Waals surface area contributed by atoms with E-state index in [0.29, 0.717) is 28.4 Å². The van der Waals surface area contributed by atoms with Crippen molar-refractivity contribution < 1.29 is 14.3 Å². The molecular formula is C21H19N3O3. The van der Waals surface area contributed by atoms with Gasteiger partial charge in [-0.3, -0.25) is 14.7 Å². The fourth-order valence-electron chi connectivity index (χ4n) is 3.24. The first-order valence-corrected chi connectivity index (χ1v) is 8.55. The van der Waals surface area contributed by atoms with Crippen molar-refractivity contribution in [3.63, 3.8) is 0 Å². The zero-order chi connectivity index (χ0) is 18.8. The molecule has 2 aromatic carbocycles. The molecule has 6 heteroatoms. The molecule has 0 saturated carbocycles. The number of aromatic nitrogens is 1. The van der Waals surface area contributed by atoms with Crippen LogP contribution < -0.4 is 19.7 Å². The van der Waals surface area contributed by atoms with Gasteiger partial charge in [-0.2, -0.15) is 0 Å². The lowest BCUT2D eigenvalue weighted by molar-refractivity contribution is 0.0992. The van der Waals surface area contributed by atoms with Crippen molar-refractivity contribution in [3.05, 3.63) is 78.1 Å². The second kappa shape index (κ2) is 6.99. The maximum absolute atomic E-state index is 13.2. The van der Waals surface area contributed by atoms with Crippen molar-refractivity contribution in [1.29, 1.82) is 0 Å². The van der Waals surface area contributed by atoms with Gasteiger partial charge in [-0.15, -0.1) is 0 Å². The lowest BCUT2D eigenvalue weighted by Gasteiger charge is -2.28. The second-order valence-electron chi connectivity index (χ2n) is 6.06. The van der Waals surface area contributed by atoms with Crippen LogP contribution in [-0.2, 0) is 0 Å². The normalized spacial score (nSPS) is 15.4. The molecule has 0 radical (unpaired) electrons. The van der Waals surface area contributed by atoms with Crippen LogP contribution in [0.5, 0.6) is 11.5 Å². The average molecular weight is 361 g/mol. The Morgan fingerprint density at radius 2 is 1.81 bits per heavy atom. The highest BCUT2D eigenvalue weighted by Crippen LogP contribution is 2.42.